The average molecular weight is 296 g/mol. The molecule has 19 heavy (non-hydrogen) atoms. The fourth-order valence-corrected chi connectivity index (χ4v) is 2.58. The number of nitrogens with zero attached hydrogens (tertiary/aromatic N) is 1. The van der Waals surface area contributed by atoms with Crippen LogP contribution in [0.25, 0.3) is 0 Å². The van der Waals surface area contributed by atoms with Gasteiger partial charge in [-0.1, -0.05) is 24.6 Å². The first-order valence-corrected chi connectivity index (χ1v) is 7.07. The van der Waals surface area contributed by atoms with Crippen molar-refractivity contribution in [2.45, 2.75) is 19.9 Å². The van der Waals surface area contributed by atoms with Crippen molar-refractivity contribution in [1.29, 1.82) is 0 Å². The molecule has 0 radical (unpaired) electrons. The van der Waals surface area contributed by atoms with Gasteiger partial charge in [0.15, 0.2) is 0 Å². The molecule has 1 aromatic heterocycles. The number of nitrogens with two attached hydrogens (primary N) is 1. The number of aromatic nitrogens is 1. The lowest BCUT2D eigenvalue weighted by Crippen LogP contribution is -2.23. The Morgan fingerprint density at radius 1 is 1.53 bits per heavy atom. The van der Waals surface area contributed by atoms with Gasteiger partial charge in [0.2, 0.25) is 0 Å². The van der Waals surface area contributed by atoms with Crippen molar-refractivity contribution in [2.75, 3.05) is 5.73 Å². The summed E-state index contributed by atoms with van der Waals surface area (Å²) >= 11 is 7.59. The number of carbonyl (C=O) groups is 1. The quantitative estimate of drug-likeness (QED) is 0.852. The molecule has 0 aliphatic carbocycles. The fourth-order valence-electron chi connectivity index (χ4n) is 1.57. The van der Waals surface area contributed by atoms with Crippen LogP contribution in [0.2, 0.25) is 5.02 Å². The van der Waals surface area contributed by atoms with E-state index in [4.69, 9.17) is 17.3 Å². The van der Waals surface area contributed by atoms with Gasteiger partial charge in [0.25, 0.3) is 5.91 Å². The first-order chi connectivity index (χ1) is 9.11. The standard InChI is InChI=1S/C13H14ClN3OS/c1-2-8-6-16-11(19-8)7-17-13(18)9-4-3-5-10(15)12(9)14/h3-6H,2,7,15H2,1H3,(H,17,18). The Morgan fingerprint density at radius 2 is 2.32 bits per heavy atom. The second-order valence-corrected chi connectivity index (χ2v) is 5.54. The number of carbonyl (C=O) groups excluding carboxylic acids is 1. The molecule has 0 spiro atoms. The molecule has 0 unspecified atom stereocenters. The number of hydrogen-bond donors (Lipinski definition) is 2. The van der Waals surface area contributed by atoms with Crippen LogP contribution in [0, 0.1) is 0 Å². The zero-order chi connectivity index (χ0) is 13.8. The van der Waals surface area contributed by atoms with Gasteiger partial charge in [-0.15, -0.1) is 11.3 Å². The highest BCUT2D eigenvalue weighted by Crippen LogP contribution is 2.23. The number of thiazole rings is 1. The highest BCUT2D eigenvalue weighted by atomic mass is 35.5. The second-order valence-electron chi connectivity index (χ2n) is 3.97. The molecule has 2 rings (SSSR count). The molecule has 0 fully saturated rings. The van der Waals surface area contributed by atoms with E-state index < -0.39 is 0 Å². The first-order valence-electron chi connectivity index (χ1n) is 5.87. The first kappa shape index (κ1) is 13.8. The maximum Gasteiger partial charge on any atom is 0.253 e. The summed E-state index contributed by atoms with van der Waals surface area (Å²) in [5.41, 5.74) is 6.45. The smallest absolute Gasteiger partial charge is 0.253 e. The summed E-state index contributed by atoms with van der Waals surface area (Å²) in [4.78, 5) is 17.4. The molecule has 100 valence electrons. The minimum atomic E-state index is -0.245. The number of aryl methyl sites for hydroxylation is 1. The maximum absolute atomic E-state index is 12.0. The van der Waals surface area contributed by atoms with Gasteiger partial charge in [0, 0.05) is 11.1 Å². The number of halogens is 1. The van der Waals surface area contributed by atoms with Crippen LogP contribution in [0.5, 0.6) is 0 Å². The van der Waals surface area contributed by atoms with E-state index in [1.54, 1.807) is 29.5 Å². The highest BCUT2D eigenvalue weighted by Gasteiger charge is 2.12. The summed E-state index contributed by atoms with van der Waals surface area (Å²) in [7, 11) is 0. The summed E-state index contributed by atoms with van der Waals surface area (Å²) in [5, 5.41) is 3.96. The average Bonchev–Trinajstić information content (AvgIpc) is 2.87. The molecule has 1 amide bonds. The van der Waals surface area contributed by atoms with Crippen molar-refractivity contribution in [3.8, 4) is 0 Å². The van der Waals surface area contributed by atoms with E-state index in [1.165, 1.54) is 4.88 Å². The number of amides is 1. The molecule has 0 saturated carbocycles. The van der Waals surface area contributed by atoms with Crippen LogP contribution in [0.3, 0.4) is 0 Å². The Kier molecular flexibility index (Phi) is 4.39. The van der Waals surface area contributed by atoms with Gasteiger partial charge < -0.3 is 11.1 Å². The lowest BCUT2D eigenvalue weighted by molar-refractivity contribution is 0.0951. The number of hydrogen-bond acceptors (Lipinski definition) is 4. The van der Waals surface area contributed by atoms with E-state index >= 15 is 0 Å². The van der Waals surface area contributed by atoms with Gasteiger partial charge in [-0.25, -0.2) is 4.98 Å². The van der Waals surface area contributed by atoms with Crippen LogP contribution < -0.4 is 11.1 Å². The minimum Gasteiger partial charge on any atom is -0.398 e. The summed E-state index contributed by atoms with van der Waals surface area (Å²) in [6, 6.07) is 5.01. The molecular formula is C13H14ClN3OS. The highest BCUT2D eigenvalue weighted by molar-refractivity contribution is 7.11. The van der Waals surface area contributed by atoms with Crippen LogP contribution >= 0.6 is 22.9 Å². The van der Waals surface area contributed by atoms with Crippen molar-refractivity contribution < 1.29 is 4.79 Å². The Morgan fingerprint density at radius 3 is 3.00 bits per heavy atom. The van der Waals surface area contributed by atoms with E-state index in [2.05, 4.69) is 17.2 Å². The SMILES string of the molecule is CCc1cnc(CNC(=O)c2cccc(N)c2Cl)s1. The summed E-state index contributed by atoms with van der Waals surface area (Å²) < 4.78 is 0. The Balaban J connectivity index is 2.03. The monoisotopic (exact) mass is 295 g/mol. The third-order valence-corrected chi connectivity index (χ3v) is 4.19. The maximum atomic E-state index is 12.0. The van der Waals surface area contributed by atoms with Crippen molar-refractivity contribution in [3.05, 3.63) is 44.9 Å². The molecule has 4 nitrogen and oxygen atoms in total. The molecular weight excluding hydrogens is 282 g/mol. The van der Waals surface area contributed by atoms with Crippen molar-refractivity contribution >= 4 is 34.5 Å². The molecule has 0 aliphatic heterocycles. The number of benzene rings is 1. The molecule has 0 saturated heterocycles. The number of nitrogen functional groups attached to an aromatic ring is 1. The van der Waals surface area contributed by atoms with Crippen LogP contribution in [-0.2, 0) is 13.0 Å². The second kappa shape index (κ2) is 6.04. The van der Waals surface area contributed by atoms with Crippen molar-refractivity contribution in [3.63, 3.8) is 0 Å². The van der Waals surface area contributed by atoms with Crippen LogP contribution in [0.1, 0.15) is 27.2 Å². The molecule has 0 aliphatic rings. The van der Waals surface area contributed by atoms with Crippen LogP contribution in [-0.4, -0.2) is 10.9 Å². The molecule has 3 N–H and O–H groups in total. The van der Waals surface area contributed by atoms with Gasteiger partial charge in [-0.2, -0.15) is 0 Å². The molecule has 0 bridgehead atoms. The van der Waals surface area contributed by atoms with E-state index in [0.29, 0.717) is 17.8 Å². The van der Waals surface area contributed by atoms with Gasteiger partial charge in [-0.05, 0) is 18.6 Å². The zero-order valence-corrected chi connectivity index (χ0v) is 12.0. The van der Waals surface area contributed by atoms with E-state index in [9.17, 15) is 4.79 Å². The number of anilines is 1. The Labute approximate surface area is 120 Å². The summed E-state index contributed by atoms with van der Waals surface area (Å²) in [5.74, 6) is -0.245. The third kappa shape index (κ3) is 3.24. The van der Waals surface area contributed by atoms with E-state index in [0.717, 1.165) is 11.4 Å². The lowest BCUT2D eigenvalue weighted by atomic mass is 10.2. The number of rotatable bonds is 4. The Bertz CT molecular complexity index is 597. The van der Waals surface area contributed by atoms with Crippen molar-refractivity contribution in [2.24, 2.45) is 0 Å². The summed E-state index contributed by atoms with van der Waals surface area (Å²) in [6.07, 6.45) is 2.78. The molecule has 6 heteroatoms. The predicted molar refractivity (Wildman–Crippen MR) is 78.5 cm³/mol. The largest absolute Gasteiger partial charge is 0.398 e. The minimum absolute atomic E-state index is 0.245. The van der Waals surface area contributed by atoms with Gasteiger partial charge in [0.1, 0.15) is 5.01 Å². The lowest BCUT2D eigenvalue weighted by Gasteiger charge is -2.06. The van der Waals surface area contributed by atoms with E-state index in [1.807, 2.05) is 6.20 Å². The normalized spacial score (nSPS) is 10.4. The van der Waals surface area contributed by atoms with Crippen molar-refractivity contribution in [1.82, 2.24) is 10.3 Å². The zero-order valence-electron chi connectivity index (χ0n) is 10.4. The molecule has 1 heterocycles. The van der Waals surface area contributed by atoms with Gasteiger partial charge in [-0.3, -0.25) is 4.79 Å². The number of nitrogens with one attached hydrogen (secondary N) is 1. The van der Waals surface area contributed by atoms with Gasteiger partial charge >= 0.3 is 0 Å². The Hall–Kier alpha value is -1.59. The predicted octanol–water partition coefficient (Wildman–Crippen LogP) is 2.87. The van der Waals surface area contributed by atoms with Crippen LogP contribution in [0.4, 0.5) is 5.69 Å². The molecule has 1 aromatic carbocycles. The molecule has 2 aromatic rings. The van der Waals surface area contributed by atoms with Crippen LogP contribution in [0.15, 0.2) is 24.4 Å². The third-order valence-electron chi connectivity index (χ3n) is 2.62. The summed E-state index contributed by atoms with van der Waals surface area (Å²) in [6.45, 7) is 2.47. The topological polar surface area (TPSA) is 68.0 Å². The van der Waals surface area contributed by atoms with E-state index in [-0.39, 0.29) is 10.9 Å². The van der Waals surface area contributed by atoms with Gasteiger partial charge in [0.05, 0.1) is 22.8 Å². The fraction of sp³-hybridized carbons (Fsp3) is 0.231. The molecule has 0 atom stereocenters.